The standard InChI is InChI=1S/C16H20F2O4/c1-7(2)13-8(3)11(15(22-13)16(19)20)9-5-6-10(17)12(18)14(9)21-4/h5-8,11,13,15H,1-4H3,(H,19,20)/t8-,11-,13-,15+/m0/s1. The number of rotatable bonds is 4. The first kappa shape index (κ1) is 16.7. The monoisotopic (exact) mass is 314 g/mol. The third-order valence-corrected chi connectivity index (χ3v) is 4.26. The van der Waals surface area contributed by atoms with Gasteiger partial charge in [-0.2, -0.15) is 4.39 Å². The molecular formula is C16H20F2O4. The Morgan fingerprint density at radius 2 is 2.00 bits per heavy atom. The Labute approximate surface area is 128 Å². The molecular weight excluding hydrogens is 294 g/mol. The van der Waals surface area contributed by atoms with E-state index in [1.54, 1.807) is 0 Å². The first-order valence-corrected chi connectivity index (χ1v) is 7.19. The summed E-state index contributed by atoms with van der Waals surface area (Å²) in [6.07, 6.45) is -1.38. The van der Waals surface area contributed by atoms with Crippen molar-refractivity contribution in [1.29, 1.82) is 0 Å². The summed E-state index contributed by atoms with van der Waals surface area (Å²) in [4.78, 5) is 11.5. The van der Waals surface area contributed by atoms with Gasteiger partial charge in [0.25, 0.3) is 0 Å². The van der Waals surface area contributed by atoms with E-state index in [1.165, 1.54) is 13.2 Å². The van der Waals surface area contributed by atoms with Crippen molar-refractivity contribution in [2.24, 2.45) is 11.8 Å². The number of halogens is 2. The van der Waals surface area contributed by atoms with Crippen LogP contribution in [0.5, 0.6) is 5.75 Å². The Kier molecular flexibility index (Phi) is 4.70. The van der Waals surface area contributed by atoms with E-state index in [-0.39, 0.29) is 23.7 Å². The highest BCUT2D eigenvalue weighted by molar-refractivity contribution is 5.75. The van der Waals surface area contributed by atoms with E-state index in [4.69, 9.17) is 9.47 Å². The predicted octanol–water partition coefficient (Wildman–Crippen LogP) is 3.20. The minimum Gasteiger partial charge on any atom is -0.493 e. The van der Waals surface area contributed by atoms with E-state index in [2.05, 4.69) is 0 Å². The Balaban J connectivity index is 2.53. The van der Waals surface area contributed by atoms with E-state index >= 15 is 0 Å². The van der Waals surface area contributed by atoms with Crippen molar-refractivity contribution in [2.75, 3.05) is 7.11 Å². The van der Waals surface area contributed by atoms with Crippen LogP contribution >= 0.6 is 0 Å². The highest BCUT2D eigenvalue weighted by atomic mass is 19.2. The van der Waals surface area contributed by atoms with Crippen molar-refractivity contribution in [2.45, 2.75) is 38.9 Å². The molecule has 1 aromatic carbocycles. The van der Waals surface area contributed by atoms with E-state index in [1.807, 2.05) is 20.8 Å². The molecule has 4 atom stereocenters. The molecule has 4 nitrogen and oxygen atoms in total. The summed E-state index contributed by atoms with van der Waals surface area (Å²) in [5.74, 6) is -4.17. The molecule has 0 unspecified atom stereocenters. The summed E-state index contributed by atoms with van der Waals surface area (Å²) in [5.41, 5.74) is 0.324. The van der Waals surface area contributed by atoms with Gasteiger partial charge < -0.3 is 14.6 Å². The minimum absolute atomic E-state index is 0.109. The van der Waals surface area contributed by atoms with Crippen molar-refractivity contribution in [3.05, 3.63) is 29.3 Å². The average Bonchev–Trinajstić information content (AvgIpc) is 2.79. The van der Waals surface area contributed by atoms with Gasteiger partial charge in [0, 0.05) is 11.5 Å². The second kappa shape index (κ2) is 6.20. The van der Waals surface area contributed by atoms with Gasteiger partial charge in [-0.25, -0.2) is 9.18 Å². The molecule has 0 aromatic heterocycles. The van der Waals surface area contributed by atoms with Crippen LogP contribution in [0.1, 0.15) is 32.3 Å². The summed E-state index contributed by atoms with van der Waals surface area (Å²) in [6.45, 7) is 5.73. The molecule has 2 rings (SSSR count). The predicted molar refractivity (Wildman–Crippen MR) is 75.9 cm³/mol. The van der Waals surface area contributed by atoms with Gasteiger partial charge in [-0.3, -0.25) is 0 Å². The molecule has 1 fully saturated rings. The highest BCUT2D eigenvalue weighted by Crippen LogP contribution is 2.46. The zero-order valence-electron chi connectivity index (χ0n) is 13.0. The number of hydrogen-bond acceptors (Lipinski definition) is 3. The Morgan fingerprint density at radius 1 is 1.36 bits per heavy atom. The lowest BCUT2D eigenvalue weighted by Crippen LogP contribution is -2.27. The Morgan fingerprint density at radius 3 is 2.50 bits per heavy atom. The van der Waals surface area contributed by atoms with Crippen LogP contribution in [-0.4, -0.2) is 30.4 Å². The average molecular weight is 314 g/mol. The molecule has 0 aliphatic carbocycles. The lowest BCUT2D eigenvalue weighted by Gasteiger charge is -2.23. The van der Waals surface area contributed by atoms with Gasteiger partial charge in [0.1, 0.15) is 0 Å². The molecule has 1 aromatic rings. The van der Waals surface area contributed by atoms with Crippen molar-refractivity contribution in [3.8, 4) is 5.75 Å². The van der Waals surface area contributed by atoms with Crippen molar-refractivity contribution < 1.29 is 28.2 Å². The molecule has 1 aliphatic heterocycles. The molecule has 0 radical (unpaired) electrons. The fourth-order valence-electron chi connectivity index (χ4n) is 3.30. The van der Waals surface area contributed by atoms with Gasteiger partial charge in [0.15, 0.2) is 17.7 Å². The molecule has 6 heteroatoms. The molecule has 0 bridgehead atoms. The van der Waals surface area contributed by atoms with Crippen LogP contribution in [0.15, 0.2) is 12.1 Å². The Hall–Kier alpha value is -1.69. The molecule has 1 N–H and O–H groups in total. The maximum absolute atomic E-state index is 13.9. The number of carboxylic acids is 1. The van der Waals surface area contributed by atoms with E-state index < -0.39 is 29.6 Å². The third kappa shape index (κ3) is 2.67. The van der Waals surface area contributed by atoms with Gasteiger partial charge in [-0.05, 0) is 17.9 Å². The molecule has 0 spiro atoms. The zero-order chi connectivity index (χ0) is 16.6. The topological polar surface area (TPSA) is 55.8 Å². The van der Waals surface area contributed by atoms with Gasteiger partial charge in [0.2, 0.25) is 5.82 Å². The zero-order valence-corrected chi connectivity index (χ0v) is 13.0. The first-order chi connectivity index (χ1) is 10.3. The molecule has 1 aliphatic rings. The summed E-state index contributed by atoms with van der Waals surface area (Å²) in [5, 5.41) is 9.42. The van der Waals surface area contributed by atoms with Crippen molar-refractivity contribution in [1.82, 2.24) is 0 Å². The largest absolute Gasteiger partial charge is 0.493 e. The summed E-state index contributed by atoms with van der Waals surface area (Å²) in [6, 6.07) is 2.36. The number of methoxy groups -OCH3 is 1. The number of hydrogen-bond donors (Lipinski definition) is 1. The second-order valence-corrected chi connectivity index (χ2v) is 5.97. The number of carboxylic acid groups (broad SMARTS) is 1. The quantitative estimate of drug-likeness (QED) is 0.927. The van der Waals surface area contributed by atoms with E-state index in [0.29, 0.717) is 5.56 Å². The number of ether oxygens (including phenoxy) is 2. The maximum Gasteiger partial charge on any atom is 0.333 e. The van der Waals surface area contributed by atoms with Gasteiger partial charge in [-0.15, -0.1) is 0 Å². The summed E-state index contributed by atoms with van der Waals surface area (Å²) >= 11 is 0. The smallest absolute Gasteiger partial charge is 0.333 e. The fourth-order valence-corrected chi connectivity index (χ4v) is 3.30. The normalized spacial score (nSPS) is 28.1. The van der Waals surface area contributed by atoms with Crippen LogP contribution in [0.3, 0.4) is 0 Å². The lowest BCUT2D eigenvalue weighted by molar-refractivity contribution is -0.151. The van der Waals surface area contributed by atoms with E-state index in [0.717, 1.165) is 6.07 Å². The molecule has 22 heavy (non-hydrogen) atoms. The third-order valence-electron chi connectivity index (χ3n) is 4.26. The molecule has 0 saturated carbocycles. The summed E-state index contributed by atoms with van der Waals surface area (Å²) < 4.78 is 38.0. The second-order valence-electron chi connectivity index (χ2n) is 5.97. The molecule has 122 valence electrons. The number of aliphatic carboxylic acids is 1. The molecule has 0 amide bonds. The Bertz CT molecular complexity index is 574. The van der Waals surface area contributed by atoms with Crippen molar-refractivity contribution >= 4 is 5.97 Å². The van der Waals surface area contributed by atoms with Crippen molar-refractivity contribution in [3.63, 3.8) is 0 Å². The van der Waals surface area contributed by atoms with E-state index in [9.17, 15) is 18.7 Å². The van der Waals surface area contributed by atoms with Gasteiger partial charge >= 0.3 is 5.97 Å². The van der Waals surface area contributed by atoms with Crippen LogP contribution in [-0.2, 0) is 9.53 Å². The molecule has 1 saturated heterocycles. The highest BCUT2D eigenvalue weighted by Gasteiger charge is 2.48. The number of benzene rings is 1. The maximum atomic E-state index is 13.9. The van der Waals surface area contributed by atoms with Gasteiger partial charge in [0.05, 0.1) is 13.2 Å². The van der Waals surface area contributed by atoms with Gasteiger partial charge in [-0.1, -0.05) is 26.8 Å². The lowest BCUT2D eigenvalue weighted by atomic mass is 9.80. The van der Waals surface area contributed by atoms with Crippen LogP contribution < -0.4 is 4.74 Å². The molecule has 1 heterocycles. The summed E-state index contributed by atoms with van der Waals surface area (Å²) in [7, 11) is 1.23. The first-order valence-electron chi connectivity index (χ1n) is 7.19. The fraction of sp³-hybridized carbons (Fsp3) is 0.562. The number of carbonyl (C=O) groups is 1. The van der Waals surface area contributed by atoms with Crippen LogP contribution in [0.2, 0.25) is 0 Å². The SMILES string of the molecule is COc1c([C@@H]2[C@H](C)[C@H](C(C)C)O[C@H]2C(=O)O)ccc(F)c1F. The van der Waals surface area contributed by atoms with Crippen LogP contribution in [0.4, 0.5) is 8.78 Å². The minimum atomic E-state index is -1.12. The van der Waals surface area contributed by atoms with Crippen LogP contribution in [0.25, 0.3) is 0 Å². The van der Waals surface area contributed by atoms with Crippen LogP contribution in [0, 0.1) is 23.5 Å².